The lowest BCUT2D eigenvalue weighted by Gasteiger charge is -2.20. The molecular formula is C16H13NO3. The van der Waals surface area contributed by atoms with E-state index in [2.05, 4.69) is 0 Å². The van der Waals surface area contributed by atoms with Crippen LogP contribution in [0.15, 0.2) is 54.6 Å². The molecule has 4 nitrogen and oxygen atoms in total. The van der Waals surface area contributed by atoms with Gasteiger partial charge < -0.3 is 9.64 Å². The summed E-state index contributed by atoms with van der Waals surface area (Å²) in [7, 11) is 1.63. The van der Waals surface area contributed by atoms with Gasteiger partial charge in [0.25, 0.3) is 5.91 Å². The summed E-state index contributed by atoms with van der Waals surface area (Å²) in [5, 5.41) is 0. The van der Waals surface area contributed by atoms with Crippen LogP contribution in [0.1, 0.15) is 32.5 Å². The van der Waals surface area contributed by atoms with Crippen molar-refractivity contribution in [1.82, 2.24) is 4.90 Å². The molecule has 1 aliphatic heterocycles. The number of carbonyl (C=O) groups is 2. The molecule has 20 heavy (non-hydrogen) atoms. The van der Waals surface area contributed by atoms with Gasteiger partial charge in [0.15, 0.2) is 0 Å². The van der Waals surface area contributed by atoms with Crippen molar-refractivity contribution in [3.05, 3.63) is 71.3 Å². The Labute approximate surface area is 116 Å². The number of ether oxygens (including phenoxy) is 1. The van der Waals surface area contributed by atoms with Gasteiger partial charge in [-0.15, -0.1) is 0 Å². The van der Waals surface area contributed by atoms with Crippen molar-refractivity contribution in [3.8, 4) is 0 Å². The quantitative estimate of drug-likeness (QED) is 0.786. The van der Waals surface area contributed by atoms with E-state index < -0.39 is 12.2 Å². The predicted octanol–water partition coefficient (Wildman–Crippen LogP) is 2.63. The third kappa shape index (κ3) is 1.95. The number of hydrogen-bond acceptors (Lipinski definition) is 3. The molecule has 1 heterocycles. The SMILES string of the molecule is CN1C(=O)c2ccccc2[C@@H]1OC(=O)c1ccccc1. The summed E-state index contributed by atoms with van der Waals surface area (Å²) in [4.78, 5) is 25.6. The van der Waals surface area contributed by atoms with Crippen molar-refractivity contribution in [2.75, 3.05) is 7.05 Å². The minimum absolute atomic E-state index is 0.133. The van der Waals surface area contributed by atoms with Gasteiger partial charge in [0.05, 0.1) is 5.56 Å². The number of rotatable bonds is 2. The molecule has 0 radical (unpaired) electrons. The van der Waals surface area contributed by atoms with Crippen LogP contribution in [-0.2, 0) is 4.74 Å². The fourth-order valence-electron chi connectivity index (χ4n) is 2.30. The summed E-state index contributed by atoms with van der Waals surface area (Å²) in [5.74, 6) is -0.571. The molecule has 0 fully saturated rings. The van der Waals surface area contributed by atoms with E-state index in [1.54, 1.807) is 49.5 Å². The maximum Gasteiger partial charge on any atom is 0.340 e. The Morgan fingerprint density at radius 2 is 1.70 bits per heavy atom. The molecule has 0 aromatic heterocycles. The zero-order valence-corrected chi connectivity index (χ0v) is 10.9. The summed E-state index contributed by atoms with van der Waals surface area (Å²) in [6.45, 7) is 0. The summed E-state index contributed by atoms with van der Waals surface area (Å²) in [6, 6.07) is 15.9. The van der Waals surface area contributed by atoms with Crippen molar-refractivity contribution in [3.63, 3.8) is 0 Å². The standard InChI is InChI=1S/C16H13NO3/c1-17-14(18)12-9-5-6-10-13(12)15(17)20-16(19)11-7-3-2-4-8-11/h2-10,15H,1H3/t15-/m0/s1. The van der Waals surface area contributed by atoms with Crippen LogP contribution in [0.25, 0.3) is 0 Å². The molecule has 1 amide bonds. The number of amides is 1. The first-order chi connectivity index (χ1) is 9.68. The highest BCUT2D eigenvalue weighted by molar-refractivity contribution is 5.99. The maximum absolute atomic E-state index is 12.1. The number of nitrogens with zero attached hydrogens (tertiary/aromatic N) is 1. The molecule has 0 saturated carbocycles. The Hall–Kier alpha value is -2.62. The zero-order valence-electron chi connectivity index (χ0n) is 10.9. The van der Waals surface area contributed by atoms with Crippen LogP contribution in [0.2, 0.25) is 0 Å². The topological polar surface area (TPSA) is 46.6 Å². The predicted molar refractivity (Wildman–Crippen MR) is 73.1 cm³/mol. The second kappa shape index (κ2) is 4.81. The number of benzene rings is 2. The van der Waals surface area contributed by atoms with Crippen LogP contribution in [0, 0.1) is 0 Å². The van der Waals surface area contributed by atoms with E-state index in [0.29, 0.717) is 11.1 Å². The normalized spacial score (nSPS) is 16.9. The van der Waals surface area contributed by atoms with Crippen molar-refractivity contribution in [2.24, 2.45) is 0 Å². The summed E-state index contributed by atoms with van der Waals surface area (Å²) >= 11 is 0. The summed E-state index contributed by atoms with van der Waals surface area (Å²) in [5.41, 5.74) is 1.78. The first-order valence-electron chi connectivity index (χ1n) is 6.30. The molecule has 1 aliphatic rings. The van der Waals surface area contributed by atoms with E-state index >= 15 is 0 Å². The Morgan fingerprint density at radius 3 is 2.45 bits per heavy atom. The molecule has 0 spiro atoms. The number of hydrogen-bond donors (Lipinski definition) is 0. The Bertz CT molecular complexity index is 666. The molecule has 2 aromatic rings. The van der Waals surface area contributed by atoms with Gasteiger partial charge in [-0.05, 0) is 18.2 Å². The Kier molecular flexibility index (Phi) is 2.99. The third-order valence-corrected chi connectivity index (χ3v) is 3.36. The number of esters is 1. The van der Waals surface area contributed by atoms with Gasteiger partial charge >= 0.3 is 5.97 Å². The lowest BCUT2D eigenvalue weighted by Crippen LogP contribution is -2.26. The smallest absolute Gasteiger partial charge is 0.340 e. The molecule has 2 aromatic carbocycles. The highest BCUT2D eigenvalue weighted by atomic mass is 16.6. The van der Waals surface area contributed by atoms with Gasteiger partial charge in [-0.25, -0.2) is 4.79 Å². The molecule has 0 aliphatic carbocycles. The fraction of sp³-hybridized carbons (Fsp3) is 0.125. The molecule has 0 N–H and O–H groups in total. The van der Waals surface area contributed by atoms with Crippen LogP contribution in [0.4, 0.5) is 0 Å². The number of fused-ring (bicyclic) bond motifs is 1. The first kappa shape index (κ1) is 12.4. The van der Waals surface area contributed by atoms with E-state index in [0.717, 1.165) is 5.56 Å². The minimum Gasteiger partial charge on any atom is -0.433 e. The Morgan fingerprint density at radius 1 is 1.05 bits per heavy atom. The van der Waals surface area contributed by atoms with Crippen LogP contribution in [0.3, 0.4) is 0 Å². The monoisotopic (exact) mass is 267 g/mol. The van der Waals surface area contributed by atoms with Gasteiger partial charge in [-0.3, -0.25) is 4.79 Å². The van der Waals surface area contributed by atoms with E-state index in [-0.39, 0.29) is 5.91 Å². The van der Waals surface area contributed by atoms with Crippen molar-refractivity contribution in [2.45, 2.75) is 6.23 Å². The molecule has 0 bridgehead atoms. The lowest BCUT2D eigenvalue weighted by atomic mass is 10.1. The van der Waals surface area contributed by atoms with Crippen LogP contribution in [-0.4, -0.2) is 23.8 Å². The summed E-state index contributed by atoms with van der Waals surface area (Å²) < 4.78 is 5.47. The molecule has 3 rings (SSSR count). The van der Waals surface area contributed by atoms with Gasteiger partial charge in [0, 0.05) is 18.2 Å². The van der Waals surface area contributed by atoms with E-state index in [4.69, 9.17) is 4.74 Å². The van der Waals surface area contributed by atoms with Crippen LogP contribution in [0.5, 0.6) is 0 Å². The second-order valence-corrected chi connectivity index (χ2v) is 4.63. The molecule has 0 saturated heterocycles. The highest BCUT2D eigenvalue weighted by Crippen LogP contribution is 2.33. The van der Waals surface area contributed by atoms with Crippen LogP contribution < -0.4 is 0 Å². The number of carbonyl (C=O) groups excluding carboxylic acids is 2. The lowest BCUT2D eigenvalue weighted by molar-refractivity contribution is -0.0108. The van der Waals surface area contributed by atoms with E-state index in [1.807, 2.05) is 12.1 Å². The van der Waals surface area contributed by atoms with Gasteiger partial charge in [-0.2, -0.15) is 0 Å². The van der Waals surface area contributed by atoms with E-state index in [1.165, 1.54) is 4.90 Å². The van der Waals surface area contributed by atoms with Gasteiger partial charge in [-0.1, -0.05) is 36.4 Å². The van der Waals surface area contributed by atoms with Gasteiger partial charge in [0.2, 0.25) is 6.23 Å². The molecule has 100 valence electrons. The minimum atomic E-state index is -0.661. The van der Waals surface area contributed by atoms with Crippen molar-refractivity contribution in [1.29, 1.82) is 0 Å². The first-order valence-corrected chi connectivity index (χ1v) is 6.30. The maximum atomic E-state index is 12.1. The average molecular weight is 267 g/mol. The third-order valence-electron chi connectivity index (χ3n) is 3.36. The molecular weight excluding hydrogens is 254 g/mol. The van der Waals surface area contributed by atoms with Crippen molar-refractivity contribution < 1.29 is 14.3 Å². The molecule has 4 heteroatoms. The zero-order chi connectivity index (χ0) is 14.1. The molecule has 1 atom stereocenters. The molecule has 0 unspecified atom stereocenters. The fourth-order valence-corrected chi connectivity index (χ4v) is 2.30. The average Bonchev–Trinajstić information content (AvgIpc) is 2.74. The van der Waals surface area contributed by atoms with Crippen LogP contribution >= 0.6 is 0 Å². The van der Waals surface area contributed by atoms with Crippen molar-refractivity contribution >= 4 is 11.9 Å². The highest BCUT2D eigenvalue weighted by Gasteiger charge is 2.36. The summed E-state index contributed by atoms with van der Waals surface area (Å²) in [6.07, 6.45) is -0.661. The second-order valence-electron chi connectivity index (χ2n) is 4.63. The Balaban J connectivity index is 1.88. The van der Waals surface area contributed by atoms with Gasteiger partial charge in [0.1, 0.15) is 0 Å². The largest absolute Gasteiger partial charge is 0.433 e. The van der Waals surface area contributed by atoms with E-state index in [9.17, 15) is 9.59 Å².